The van der Waals surface area contributed by atoms with E-state index in [0.717, 1.165) is 5.56 Å². The van der Waals surface area contributed by atoms with Crippen molar-refractivity contribution in [2.75, 3.05) is 0 Å². The van der Waals surface area contributed by atoms with Gasteiger partial charge in [-0.1, -0.05) is 64.4 Å². The summed E-state index contributed by atoms with van der Waals surface area (Å²) in [6, 6.07) is 4.33. The number of hydrogen-bond acceptors (Lipinski definition) is 6. The molecular weight excluding hydrogens is 468 g/mol. The van der Waals surface area contributed by atoms with Gasteiger partial charge in [0.2, 0.25) is 17.7 Å². The first-order valence-corrected chi connectivity index (χ1v) is 12.0. The lowest BCUT2D eigenvalue weighted by atomic mass is 9.98. The van der Waals surface area contributed by atoms with Crippen LogP contribution in [-0.2, 0) is 30.4 Å². The summed E-state index contributed by atoms with van der Waals surface area (Å²) in [5.41, 5.74) is 6.87. The minimum Gasteiger partial charge on any atom is -0.481 e. The van der Waals surface area contributed by atoms with Crippen LogP contribution in [0.3, 0.4) is 0 Å². The van der Waals surface area contributed by atoms with E-state index in [1.165, 1.54) is 0 Å². The molecule has 5 atom stereocenters. The number of aliphatic carboxylic acids is 2. The minimum atomic E-state index is -1.54. The van der Waals surface area contributed by atoms with Crippen LogP contribution in [0.4, 0.5) is 0 Å². The first-order chi connectivity index (χ1) is 16.8. The van der Waals surface area contributed by atoms with E-state index in [2.05, 4.69) is 16.0 Å². The van der Waals surface area contributed by atoms with Gasteiger partial charge in [0, 0.05) is 0 Å². The molecular formula is C25H38N4O7. The van der Waals surface area contributed by atoms with Crippen molar-refractivity contribution in [3.8, 4) is 0 Å². The highest BCUT2D eigenvalue weighted by Crippen LogP contribution is 2.10. The summed E-state index contributed by atoms with van der Waals surface area (Å²) in [6.45, 7) is 7.06. The summed E-state index contributed by atoms with van der Waals surface area (Å²) in [7, 11) is 0. The average Bonchev–Trinajstić information content (AvgIpc) is 2.80. The van der Waals surface area contributed by atoms with Gasteiger partial charge < -0.3 is 31.9 Å². The van der Waals surface area contributed by atoms with E-state index < -0.39 is 66.2 Å². The smallest absolute Gasteiger partial charge is 0.326 e. The number of carboxylic acids is 2. The van der Waals surface area contributed by atoms with Crippen molar-refractivity contribution in [3.63, 3.8) is 0 Å². The number of hydrogen-bond donors (Lipinski definition) is 6. The van der Waals surface area contributed by atoms with Crippen LogP contribution in [0, 0.1) is 11.8 Å². The molecule has 0 saturated carbocycles. The van der Waals surface area contributed by atoms with Gasteiger partial charge in [0.05, 0.1) is 12.5 Å². The standard InChI is InChI=1S/C25H38N4O7/c1-5-15(4)21(25(35)36)29-24(34)19(13-20(30)31)28-23(33)18(11-14(2)3)27-22(32)17(26)12-16-9-7-6-8-10-16/h6-10,14-15,17-19,21H,5,11-13,26H2,1-4H3,(H,27,32)(H,28,33)(H,29,34)(H,30,31)(H,35,36). The lowest BCUT2D eigenvalue weighted by molar-refractivity contribution is -0.144. The zero-order chi connectivity index (χ0) is 27.4. The molecule has 11 heteroatoms. The number of carbonyl (C=O) groups excluding carboxylic acids is 3. The fourth-order valence-corrected chi connectivity index (χ4v) is 3.54. The molecule has 36 heavy (non-hydrogen) atoms. The average molecular weight is 507 g/mol. The second kappa shape index (κ2) is 14.8. The molecule has 0 aliphatic heterocycles. The maximum Gasteiger partial charge on any atom is 0.326 e. The molecule has 0 bridgehead atoms. The number of nitrogens with one attached hydrogen (secondary N) is 3. The van der Waals surface area contributed by atoms with Crippen LogP contribution >= 0.6 is 0 Å². The molecule has 5 unspecified atom stereocenters. The summed E-state index contributed by atoms with van der Waals surface area (Å²) in [4.78, 5) is 61.5. The molecule has 0 spiro atoms. The van der Waals surface area contributed by atoms with Crippen LogP contribution in [0.2, 0.25) is 0 Å². The molecule has 0 fully saturated rings. The van der Waals surface area contributed by atoms with E-state index >= 15 is 0 Å². The Balaban J connectivity index is 2.99. The van der Waals surface area contributed by atoms with Gasteiger partial charge in [-0.05, 0) is 30.2 Å². The molecule has 0 saturated heterocycles. The van der Waals surface area contributed by atoms with E-state index in [-0.39, 0.29) is 18.8 Å². The molecule has 0 radical (unpaired) electrons. The van der Waals surface area contributed by atoms with Crippen LogP contribution in [0.25, 0.3) is 0 Å². The van der Waals surface area contributed by atoms with Crippen LogP contribution < -0.4 is 21.7 Å². The largest absolute Gasteiger partial charge is 0.481 e. The maximum atomic E-state index is 13.0. The Bertz CT molecular complexity index is 907. The van der Waals surface area contributed by atoms with E-state index in [1.807, 2.05) is 44.2 Å². The summed E-state index contributed by atoms with van der Waals surface area (Å²) >= 11 is 0. The third-order valence-electron chi connectivity index (χ3n) is 5.76. The molecule has 1 aromatic carbocycles. The number of nitrogens with two attached hydrogens (primary N) is 1. The Labute approximate surface area is 211 Å². The number of benzene rings is 1. The van der Waals surface area contributed by atoms with Crippen molar-refractivity contribution >= 4 is 29.7 Å². The Hall–Kier alpha value is -3.47. The zero-order valence-electron chi connectivity index (χ0n) is 21.2. The molecule has 0 aliphatic carbocycles. The lowest BCUT2D eigenvalue weighted by Gasteiger charge is -2.26. The predicted molar refractivity (Wildman–Crippen MR) is 133 cm³/mol. The minimum absolute atomic E-state index is 0.0278. The summed E-state index contributed by atoms with van der Waals surface area (Å²) in [5, 5.41) is 26.0. The van der Waals surface area contributed by atoms with E-state index in [4.69, 9.17) is 5.73 Å². The van der Waals surface area contributed by atoms with E-state index in [1.54, 1.807) is 13.8 Å². The van der Waals surface area contributed by atoms with Gasteiger partial charge >= 0.3 is 11.9 Å². The monoisotopic (exact) mass is 506 g/mol. The van der Waals surface area contributed by atoms with E-state index in [0.29, 0.717) is 6.42 Å². The SMILES string of the molecule is CCC(C)C(NC(=O)C(CC(=O)O)NC(=O)C(CC(C)C)NC(=O)C(N)Cc1ccccc1)C(=O)O. The van der Waals surface area contributed by atoms with E-state index in [9.17, 15) is 34.2 Å². The number of rotatable bonds is 15. The topological polar surface area (TPSA) is 188 Å². The molecule has 1 rings (SSSR count). The Kier molecular flexibility index (Phi) is 12.6. The predicted octanol–water partition coefficient (Wildman–Crippen LogP) is 0.662. The molecule has 11 nitrogen and oxygen atoms in total. The molecule has 7 N–H and O–H groups in total. The van der Waals surface area contributed by atoms with Crippen molar-refractivity contribution < 1.29 is 34.2 Å². The van der Waals surface area contributed by atoms with Crippen molar-refractivity contribution in [3.05, 3.63) is 35.9 Å². The van der Waals surface area contributed by atoms with Crippen molar-refractivity contribution in [1.82, 2.24) is 16.0 Å². The Morgan fingerprint density at radius 1 is 0.861 bits per heavy atom. The van der Waals surface area contributed by atoms with Gasteiger partial charge in [-0.3, -0.25) is 19.2 Å². The number of carbonyl (C=O) groups is 5. The molecule has 0 aromatic heterocycles. The first kappa shape index (κ1) is 30.6. The summed E-state index contributed by atoms with van der Waals surface area (Å²) in [6.07, 6.45) is 0.153. The summed E-state index contributed by atoms with van der Waals surface area (Å²) in [5.74, 6) is -5.35. The van der Waals surface area contributed by atoms with Gasteiger partial charge in [-0.15, -0.1) is 0 Å². The Morgan fingerprint density at radius 3 is 1.92 bits per heavy atom. The van der Waals surface area contributed by atoms with Crippen molar-refractivity contribution in [2.45, 2.75) is 77.5 Å². The van der Waals surface area contributed by atoms with Crippen LogP contribution in [0.5, 0.6) is 0 Å². The van der Waals surface area contributed by atoms with Gasteiger partial charge in [-0.2, -0.15) is 0 Å². The lowest BCUT2D eigenvalue weighted by Crippen LogP contribution is -2.58. The first-order valence-electron chi connectivity index (χ1n) is 12.0. The highest BCUT2D eigenvalue weighted by Gasteiger charge is 2.33. The van der Waals surface area contributed by atoms with Gasteiger partial charge in [0.1, 0.15) is 18.1 Å². The quantitative estimate of drug-likeness (QED) is 0.200. The van der Waals surface area contributed by atoms with Crippen molar-refractivity contribution in [2.24, 2.45) is 17.6 Å². The Morgan fingerprint density at radius 2 is 1.42 bits per heavy atom. The molecule has 0 heterocycles. The van der Waals surface area contributed by atoms with Gasteiger partial charge in [-0.25, -0.2) is 4.79 Å². The molecule has 200 valence electrons. The molecule has 1 aromatic rings. The number of amides is 3. The third-order valence-corrected chi connectivity index (χ3v) is 5.76. The zero-order valence-corrected chi connectivity index (χ0v) is 21.2. The van der Waals surface area contributed by atoms with Crippen molar-refractivity contribution in [1.29, 1.82) is 0 Å². The fraction of sp³-hybridized carbons (Fsp3) is 0.560. The summed E-state index contributed by atoms with van der Waals surface area (Å²) < 4.78 is 0. The second-order valence-corrected chi connectivity index (χ2v) is 9.36. The molecule has 3 amide bonds. The van der Waals surface area contributed by atoms with Crippen LogP contribution in [0.1, 0.15) is 52.5 Å². The third kappa shape index (κ3) is 10.4. The fourth-order valence-electron chi connectivity index (χ4n) is 3.54. The molecule has 0 aliphatic rings. The number of carboxylic acid groups (broad SMARTS) is 2. The second-order valence-electron chi connectivity index (χ2n) is 9.36. The normalized spacial score (nSPS) is 15.2. The van der Waals surface area contributed by atoms with Crippen LogP contribution in [-0.4, -0.2) is 64.0 Å². The van der Waals surface area contributed by atoms with Gasteiger partial charge in [0.25, 0.3) is 0 Å². The highest BCUT2D eigenvalue weighted by atomic mass is 16.4. The maximum absolute atomic E-state index is 13.0. The van der Waals surface area contributed by atoms with Crippen LogP contribution in [0.15, 0.2) is 30.3 Å². The highest BCUT2D eigenvalue weighted by molar-refractivity contribution is 5.95. The van der Waals surface area contributed by atoms with Gasteiger partial charge in [0.15, 0.2) is 0 Å².